The van der Waals surface area contributed by atoms with Crippen LogP contribution >= 0.6 is 24.2 Å². The lowest BCUT2D eigenvalue weighted by Crippen LogP contribution is -2.39. The Hall–Kier alpha value is -2.23. The Balaban J connectivity index is 0.00000280. The molecule has 1 atom stereocenters. The number of anilines is 2. The number of ether oxygens (including phenoxy) is 1. The second-order valence-electron chi connectivity index (χ2n) is 6.18. The molecule has 3 N–H and O–H groups in total. The number of methoxy groups -OCH3 is 1. The van der Waals surface area contributed by atoms with Gasteiger partial charge in [-0.2, -0.15) is 16.9 Å². The van der Waals surface area contributed by atoms with Crippen molar-refractivity contribution >= 4 is 47.4 Å². The fourth-order valence-corrected chi connectivity index (χ4v) is 3.67. The molecular weight excluding hydrogens is 402 g/mol. The van der Waals surface area contributed by atoms with Crippen LogP contribution < -0.4 is 20.7 Å². The van der Waals surface area contributed by atoms with Crippen molar-refractivity contribution in [2.75, 3.05) is 35.8 Å². The van der Waals surface area contributed by atoms with Gasteiger partial charge in [-0.15, -0.1) is 12.4 Å². The number of amides is 2. The minimum absolute atomic E-state index is 0. The van der Waals surface area contributed by atoms with Crippen LogP contribution in [-0.2, 0) is 16.1 Å². The van der Waals surface area contributed by atoms with E-state index in [2.05, 4.69) is 21.0 Å². The third kappa shape index (κ3) is 6.74. The fourth-order valence-electron chi connectivity index (χ4n) is 2.72. The zero-order chi connectivity index (χ0) is 19.1. The molecule has 1 unspecified atom stereocenters. The number of hydrogen-bond acceptors (Lipinski definition) is 6. The maximum Gasteiger partial charge on any atom is 0.246 e. The first kappa shape index (κ1) is 22.1. The van der Waals surface area contributed by atoms with Gasteiger partial charge in [-0.3, -0.25) is 14.3 Å². The Morgan fingerprint density at radius 1 is 1.25 bits per heavy atom. The summed E-state index contributed by atoms with van der Waals surface area (Å²) in [6.45, 7) is 0.993. The topological polar surface area (TPSA) is 97.3 Å². The van der Waals surface area contributed by atoms with Crippen LogP contribution in [-0.4, -0.2) is 52.8 Å². The largest absolute Gasteiger partial charge is 0.497 e. The average molecular weight is 426 g/mol. The smallest absolute Gasteiger partial charge is 0.246 e. The number of carbonyl (C=O) groups is 2. The number of thioether (sulfide) groups is 1. The average Bonchev–Trinajstić information content (AvgIpc) is 3.09. The quantitative estimate of drug-likeness (QED) is 0.627. The lowest BCUT2D eigenvalue weighted by molar-refractivity contribution is -0.117. The molecule has 0 saturated carbocycles. The SMILES string of the molecule is COc1ccc(NC(=O)Cn2cc(NC(=O)CC3CSCCN3)cn2)cc1.Cl. The van der Waals surface area contributed by atoms with E-state index in [0.29, 0.717) is 17.8 Å². The second-order valence-corrected chi connectivity index (χ2v) is 7.33. The molecule has 8 nitrogen and oxygen atoms in total. The van der Waals surface area contributed by atoms with Crippen LogP contribution in [0.1, 0.15) is 6.42 Å². The van der Waals surface area contributed by atoms with Crippen molar-refractivity contribution in [1.82, 2.24) is 15.1 Å². The standard InChI is InChI=1S/C18H23N5O3S.ClH/c1-26-16-4-2-13(3-5-16)21-18(25)11-23-10-15(9-20-23)22-17(24)8-14-12-27-7-6-19-14;/h2-5,9-10,14,19H,6-8,11-12H2,1H3,(H,21,25)(H,22,24);1H. The Kier molecular flexibility index (Phi) is 8.62. The summed E-state index contributed by atoms with van der Waals surface area (Å²) in [5.41, 5.74) is 1.26. The minimum Gasteiger partial charge on any atom is -0.497 e. The zero-order valence-electron chi connectivity index (χ0n) is 15.5. The maximum absolute atomic E-state index is 12.1. The summed E-state index contributed by atoms with van der Waals surface area (Å²) in [5.74, 6) is 2.49. The molecule has 3 rings (SSSR count). The highest BCUT2D eigenvalue weighted by atomic mass is 35.5. The van der Waals surface area contributed by atoms with Crippen LogP contribution in [0, 0.1) is 0 Å². The molecule has 28 heavy (non-hydrogen) atoms. The Morgan fingerprint density at radius 3 is 2.68 bits per heavy atom. The van der Waals surface area contributed by atoms with Crippen molar-refractivity contribution in [3.8, 4) is 5.75 Å². The molecule has 152 valence electrons. The van der Waals surface area contributed by atoms with E-state index >= 15 is 0 Å². The lowest BCUT2D eigenvalue weighted by atomic mass is 10.2. The first-order valence-corrected chi connectivity index (χ1v) is 9.85. The third-order valence-electron chi connectivity index (χ3n) is 4.03. The van der Waals surface area contributed by atoms with Gasteiger partial charge < -0.3 is 20.7 Å². The first-order valence-electron chi connectivity index (χ1n) is 8.70. The van der Waals surface area contributed by atoms with Gasteiger partial charge in [0.05, 0.1) is 19.0 Å². The van der Waals surface area contributed by atoms with Gasteiger partial charge in [0.1, 0.15) is 12.3 Å². The van der Waals surface area contributed by atoms with Gasteiger partial charge in [0.25, 0.3) is 0 Å². The monoisotopic (exact) mass is 425 g/mol. The Bertz CT molecular complexity index is 778. The molecule has 1 aliphatic rings. The maximum atomic E-state index is 12.1. The van der Waals surface area contributed by atoms with Gasteiger partial charge in [-0.05, 0) is 24.3 Å². The molecule has 0 radical (unpaired) electrons. The molecule has 0 spiro atoms. The highest BCUT2D eigenvalue weighted by Gasteiger charge is 2.17. The molecule has 1 aliphatic heterocycles. The molecule has 1 aromatic heterocycles. The number of nitrogens with zero attached hydrogens (tertiary/aromatic N) is 2. The van der Waals surface area contributed by atoms with E-state index in [-0.39, 0.29) is 36.8 Å². The summed E-state index contributed by atoms with van der Waals surface area (Å²) in [5, 5.41) is 13.1. The Morgan fingerprint density at radius 2 is 2.00 bits per heavy atom. The van der Waals surface area contributed by atoms with E-state index in [1.807, 2.05) is 11.8 Å². The van der Waals surface area contributed by atoms with Crippen molar-refractivity contribution in [1.29, 1.82) is 0 Å². The predicted octanol–water partition coefficient (Wildman–Crippen LogP) is 1.99. The number of rotatable bonds is 7. The van der Waals surface area contributed by atoms with E-state index in [9.17, 15) is 9.59 Å². The summed E-state index contributed by atoms with van der Waals surface area (Å²) in [6.07, 6.45) is 3.62. The van der Waals surface area contributed by atoms with E-state index in [1.54, 1.807) is 43.8 Å². The molecule has 1 fully saturated rings. The van der Waals surface area contributed by atoms with Crippen molar-refractivity contribution in [3.63, 3.8) is 0 Å². The van der Waals surface area contributed by atoms with E-state index in [0.717, 1.165) is 23.8 Å². The molecule has 1 saturated heterocycles. The van der Waals surface area contributed by atoms with Gasteiger partial charge in [-0.1, -0.05) is 0 Å². The van der Waals surface area contributed by atoms with E-state index in [1.165, 1.54) is 4.68 Å². The Labute approximate surface area is 174 Å². The van der Waals surface area contributed by atoms with Gasteiger partial charge in [0, 0.05) is 42.4 Å². The van der Waals surface area contributed by atoms with Crippen molar-refractivity contribution in [2.45, 2.75) is 19.0 Å². The highest BCUT2D eigenvalue weighted by Crippen LogP contribution is 2.15. The normalized spacial score (nSPS) is 16.0. The van der Waals surface area contributed by atoms with Gasteiger partial charge >= 0.3 is 0 Å². The number of nitrogens with one attached hydrogen (secondary N) is 3. The summed E-state index contributed by atoms with van der Waals surface area (Å²) >= 11 is 1.85. The van der Waals surface area contributed by atoms with Gasteiger partial charge in [0.15, 0.2) is 0 Å². The van der Waals surface area contributed by atoms with E-state index in [4.69, 9.17) is 4.74 Å². The summed E-state index contributed by atoms with van der Waals surface area (Å²) < 4.78 is 6.57. The first-order chi connectivity index (χ1) is 13.1. The van der Waals surface area contributed by atoms with Crippen LogP contribution in [0.5, 0.6) is 5.75 Å². The number of benzene rings is 1. The predicted molar refractivity (Wildman–Crippen MR) is 113 cm³/mol. The summed E-state index contributed by atoms with van der Waals surface area (Å²) in [6, 6.07) is 7.29. The molecule has 1 aromatic carbocycles. The van der Waals surface area contributed by atoms with E-state index < -0.39 is 0 Å². The molecule has 2 aromatic rings. The molecule has 10 heteroatoms. The van der Waals surface area contributed by atoms with Gasteiger partial charge in [-0.25, -0.2) is 0 Å². The molecule has 0 aliphatic carbocycles. The van der Waals surface area contributed by atoms with Crippen LogP contribution in [0.2, 0.25) is 0 Å². The van der Waals surface area contributed by atoms with Crippen molar-refractivity contribution in [3.05, 3.63) is 36.7 Å². The second kappa shape index (κ2) is 10.9. The van der Waals surface area contributed by atoms with Crippen molar-refractivity contribution in [2.24, 2.45) is 0 Å². The number of halogens is 1. The number of carbonyl (C=O) groups excluding carboxylic acids is 2. The van der Waals surface area contributed by atoms with Crippen LogP contribution in [0.3, 0.4) is 0 Å². The zero-order valence-corrected chi connectivity index (χ0v) is 17.1. The third-order valence-corrected chi connectivity index (χ3v) is 5.16. The molecule has 0 bridgehead atoms. The molecule has 2 heterocycles. The number of hydrogen-bond donors (Lipinski definition) is 3. The minimum atomic E-state index is -0.204. The highest BCUT2D eigenvalue weighted by molar-refractivity contribution is 7.99. The van der Waals surface area contributed by atoms with Crippen LogP contribution in [0.15, 0.2) is 36.7 Å². The number of aromatic nitrogens is 2. The summed E-state index contributed by atoms with van der Waals surface area (Å²) in [7, 11) is 1.59. The fraction of sp³-hybridized carbons (Fsp3) is 0.389. The van der Waals surface area contributed by atoms with Crippen LogP contribution in [0.4, 0.5) is 11.4 Å². The summed E-state index contributed by atoms with van der Waals surface area (Å²) in [4.78, 5) is 24.2. The molecular formula is C18H24ClN5O3S. The van der Waals surface area contributed by atoms with Gasteiger partial charge in [0.2, 0.25) is 11.8 Å². The van der Waals surface area contributed by atoms with Crippen molar-refractivity contribution < 1.29 is 14.3 Å². The molecule has 2 amide bonds. The van der Waals surface area contributed by atoms with Crippen LogP contribution in [0.25, 0.3) is 0 Å². The lowest BCUT2D eigenvalue weighted by Gasteiger charge is -2.22.